The molecule has 1 amide bonds. The lowest BCUT2D eigenvalue weighted by molar-refractivity contribution is -0.140. The van der Waals surface area contributed by atoms with Gasteiger partial charge in [-0.15, -0.1) is 0 Å². The zero-order valence-corrected chi connectivity index (χ0v) is 21.2. The Hall–Kier alpha value is -4.06. The number of carbonyl (C=O) groups is 2. The third-order valence-electron chi connectivity index (χ3n) is 6.27. The quantitative estimate of drug-likeness (QED) is 0.263. The molecule has 0 spiro atoms. The lowest BCUT2D eigenvalue weighted by Crippen LogP contribution is -2.29. The number of rotatable bonds is 7. The van der Waals surface area contributed by atoms with Crippen molar-refractivity contribution in [3.63, 3.8) is 0 Å². The summed E-state index contributed by atoms with van der Waals surface area (Å²) in [6.45, 7) is 7.90. The van der Waals surface area contributed by atoms with Gasteiger partial charge in [0.1, 0.15) is 17.3 Å². The molecule has 1 aliphatic heterocycles. The van der Waals surface area contributed by atoms with E-state index < -0.39 is 17.7 Å². The van der Waals surface area contributed by atoms with Crippen molar-refractivity contribution in [1.29, 1.82) is 0 Å². The third-order valence-corrected chi connectivity index (χ3v) is 6.27. The predicted octanol–water partition coefficient (Wildman–Crippen LogP) is 5.72. The van der Waals surface area contributed by atoms with Crippen LogP contribution in [-0.4, -0.2) is 34.9 Å². The summed E-state index contributed by atoms with van der Waals surface area (Å²) in [6, 6.07) is 19.6. The van der Waals surface area contributed by atoms with E-state index >= 15 is 0 Å². The van der Waals surface area contributed by atoms with Gasteiger partial charge in [-0.2, -0.15) is 0 Å². The normalized spacial score (nSPS) is 17.1. The molecular weight excluding hydrogens is 454 g/mol. The molecule has 1 unspecified atom stereocenters. The molecule has 0 radical (unpaired) electrons. The Morgan fingerprint density at radius 1 is 0.944 bits per heavy atom. The van der Waals surface area contributed by atoms with Crippen molar-refractivity contribution in [3.8, 4) is 11.5 Å². The van der Waals surface area contributed by atoms with Crippen LogP contribution in [0.2, 0.25) is 0 Å². The van der Waals surface area contributed by atoms with Crippen molar-refractivity contribution in [1.82, 2.24) is 4.90 Å². The lowest BCUT2D eigenvalue weighted by Gasteiger charge is -2.26. The monoisotopic (exact) mass is 485 g/mol. The van der Waals surface area contributed by atoms with E-state index in [4.69, 9.17) is 9.47 Å². The standard InChI is InChI=1S/C30H31NO5/c1-18(2)36-24-12-8-21(9-13-24)17-31-27(22-10-14-23(35-5)15-11-22)26(29(33)30(31)34)28(32)25-16-19(3)6-7-20(25)4/h6-16,18,27,32H,17H2,1-5H3/b28-26+. The van der Waals surface area contributed by atoms with Gasteiger partial charge in [0.25, 0.3) is 11.7 Å². The molecule has 1 N–H and O–H groups in total. The molecule has 36 heavy (non-hydrogen) atoms. The van der Waals surface area contributed by atoms with E-state index in [2.05, 4.69) is 0 Å². The smallest absolute Gasteiger partial charge is 0.295 e. The third kappa shape index (κ3) is 4.98. The SMILES string of the molecule is COc1ccc(C2/C(=C(\O)c3cc(C)ccc3C)C(=O)C(=O)N2Cc2ccc(OC(C)C)cc2)cc1. The van der Waals surface area contributed by atoms with Crippen molar-refractivity contribution < 1.29 is 24.2 Å². The molecule has 1 fully saturated rings. The number of nitrogens with zero attached hydrogens (tertiary/aromatic N) is 1. The molecule has 1 saturated heterocycles. The number of aliphatic hydroxyl groups is 1. The van der Waals surface area contributed by atoms with Crippen LogP contribution in [0.3, 0.4) is 0 Å². The van der Waals surface area contributed by atoms with E-state index in [9.17, 15) is 14.7 Å². The number of aliphatic hydroxyl groups excluding tert-OH is 1. The molecule has 6 nitrogen and oxygen atoms in total. The molecule has 186 valence electrons. The number of ether oxygens (including phenoxy) is 2. The Labute approximate surface area is 211 Å². The van der Waals surface area contributed by atoms with Gasteiger partial charge in [0.15, 0.2) is 0 Å². The highest BCUT2D eigenvalue weighted by Crippen LogP contribution is 2.41. The van der Waals surface area contributed by atoms with Crippen molar-refractivity contribution in [2.75, 3.05) is 7.11 Å². The Morgan fingerprint density at radius 3 is 2.19 bits per heavy atom. The number of amides is 1. The van der Waals surface area contributed by atoms with E-state index in [1.165, 1.54) is 4.90 Å². The fourth-order valence-corrected chi connectivity index (χ4v) is 4.45. The zero-order chi connectivity index (χ0) is 26.0. The molecule has 0 aromatic heterocycles. The van der Waals surface area contributed by atoms with E-state index in [1.807, 2.05) is 82.3 Å². The van der Waals surface area contributed by atoms with E-state index in [-0.39, 0.29) is 24.0 Å². The second-order valence-electron chi connectivity index (χ2n) is 9.33. The first-order chi connectivity index (χ1) is 17.2. The number of ketones is 1. The van der Waals surface area contributed by atoms with Crippen LogP contribution in [0.5, 0.6) is 11.5 Å². The number of likely N-dealkylation sites (tertiary alicyclic amines) is 1. The Bertz CT molecular complexity index is 1310. The molecule has 0 saturated carbocycles. The fourth-order valence-electron chi connectivity index (χ4n) is 4.45. The van der Waals surface area contributed by atoms with Crippen LogP contribution in [0.4, 0.5) is 0 Å². The molecule has 0 bridgehead atoms. The largest absolute Gasteiger partial charge is 0.507 e. The average Bonchev–Trinajstić information content (AvgIpc) is 3.11. The Morgan fingerprint density at radius 2 is 1.58 bits per heavy atom. The highest BCUT2D eigenvalue weighted by atomic mass is 16.5. The zero-order valence-electron chi connectivity index (χ0n) is 21.2. The highest BCUT2D eigenvalue weighted by Gasteiger charge is 2.46. The molecule has 4 rings (SSSR count). The van der Waals surface area contributed by atoms with Crippen LogP contribution in [0.15, 0.2) is 72.3 Å². The second-order valence-corrected chi connectivity index (χ2v) is 9.33. The molecule has 1 heterocycles. The molecule has 6 heteroatoms. The van der Waals surface area contributed by atoms with Gasteiger partial charge < -0.3 is 19.5 Å². The molecule has 3 aromatic rings. The first-order valence-corrected chi connectivity index (χ1v) is 11.9. The van der Waals surface area contributed by atoms with Crippen molar-refractivity contribution in [3.05, 3.63) is 100 Å². The molecular formula is C30H31NO5. The number of carbonyl (C=O) groups excluding carboxylic acids is 2. The summed E-state index contributed by atoms with van der Waals surface area (Å²) in [5.74, 6) is -0.124. The molecule has 1 aliphatic rings. The molecule has 3 aromatic carbocycles. The summed E-state index contributed by atoms with van der Waals surface area (Å²) < 4.78 is 11.0. The summed E-state index contributed by atoms with van der Waals surface area (Å²) in [6.07, 6.45) is 0.0498. The van der Waals surface area contributed by atoms with Gasteiger partial charge in [-0.3, -0.25) is 9.59 Å². The van der Waals surface area contributed by atoms with Crippen LogP contribution in [0.1, 0.15) is 47.7 Å². The second kappa shape index (κ2) is 10.3. The number of aryl methyl sites for hydroxylation is 2. The highest BCUT2D eigenvalue weighted by molar-refractivity contribution is 6.46. The van der Waals surface area contributed by atoms with Gasteiger partial charge in [-0.05, 0) is 74.7 Å². The van der Waals surface area contributed by atoms with Crippen LogP contribution < -0.4 is 9.47 Å². The minimum atomic E-state index is -0.748. The van der Waals surface area contributed by atoms with Crippen LogP contribution in [0.25, 0.3) is 5.76 Å². The number of benzene rings is 3. The summed E-state index contributed by atoms with van der Waals surface area (Å²) in [4.78, 5) is 28.2. The molecule has 0 aliphatic carbocycles. The van der Waals surface area contributed by atoms with Gasteiger partial charge in [0.2, 0.25) is 0 Å². The first-order valence-electron chi connectivity index (χ1n) is 11.9. The van der Waals surface area contributed by atoms with E-state index in [0.29, 0.717) is 16.9 Å². The number of hydrogen-bond acceptors (Lipinski definition) is 5. The van der Waals surface area contributed by atoms with E-state index in [1.54, 1.807) is 19.2 Å². The van der Waals surface area contributed by atoms with Gasteiger partial charge in [-0.1, -0.05) is 42.0 Å². The lowest BCUT2D eigenvalue weighted by atomic mass is 9.93. The van der Waals surface area contributed by atoms with Gasteiger partial charge >= 0.3 is 0 Å². The van der Waals surface area contributed by atoms with Gasteiger partial charge in [-0.25, -0.2) is 0 Å². The van der Waals surface area contributed by atoms with Crippen molar-refractivity contribution in [2.24, 2.45) is 0 Å². The fraction of sp³-hybridized carbons (Fsp3) is 0.267. The van der Waals surface area contributed by atoms with Gasteiger partial charge in [0.05, 0.1) is 24.8 Å². The Kier molecular flexibility index (Phi) is 7.15. The number of methoxy groups -OCH3 is 1. The maximum atomic E-state index is 13.3. The minimum absolute atomic E-state index is 0.0498. The summed E-state index contributed by atoms with van der Waals surface area (Å²) in [5, 5.41) is 11.4. The maximum absolute atomic E-state index is 13.3. The average molecular weight is 486 g/mol. The van der Waals surface area contributed by atoms with Crippen LogP contribution in [0, 0.1) is 13.8 Å². The molecule has 1 atom stereocenters. The Balaban J connectivity index is 1.80. The number of hydrogen-bond donors (Lipinski definition) is 1. The first kappa shape index (κ1) is 25.0. The summed E-state index contributed by atoms with van der Waals surface area (Å²) in [5.41, 5.74) is 3.94. The number of Topliss-reactive ketones (excluding diaryl/α,β-unsaturated/α-hetero) is 1. The van der Waals surface area contributed by atoms with Crippen LogP contribution in [-0.2, 0) is 16.1 Å². The van der Waals surface area contributed by atoms with Crippen LogP contribution >= 0.6 is 0 Å². The van der Waals surface area contributed by atoms with E-state index in [0.717, 1.165) is 22.4 Å². The summed E-state index contributed by atoms with van der Waals surface area (Å²) in [7, 11) is 1.58. The predicted molar refractivity (Wildman–Crippen MR) is 139 cm³/mol. The maximum Gasteiger partial charge on any atom is 0.295 e. The van der Waals surface area contributed by atoms with Gasteiger partial charge in [0, 0.05) is 12.1 Å². The summed E-state index contributed by atoms with van der Waals surface area (Å²) >= 11 is 0. The topological polar surface area (TPSA) is 76.1 Å². The van der Waals surface area contributed by atoms with Crippen molar-refractivity contribution in [2.45, 2.75) is 46.4 Å². The minimum Gasteiger partial charge on any atom is -0.507 e. The van der Waals surface area contributed by atoms with Crippen molar-refractivity contribution >= 4 is 17.4 Å².